The van der Waals surface area contributed by atoms with Crippen LogP contribution in [0.2, 0.25) is 0 Å². The minimum Gasteiger partial charge on any atom is -0.481 e. The fourth-order valence-corrected chi connectivity index (χ4v) is 2.31. The number of aliphatic carboxylic acids is 1. The topological polar surface area (TPSA) is 97.7 Å². The van der Waals surface area contributed by atoms with Gasteiger partial charge in [0.2, 0.25) is 0 Å². The minimum atomic E-state index is -3.77. The molecular formula is C8H14O6S. The maximum absolute atomic E-state index is 11.5. The molecule has 0 rings (SSSR count). The van der Waals surface area contributed by atoms with E-state index in [1.807, 2.05) is 0 Å². The largest absolute Gasteiger partial charge is 0.481 e. The number of hydrogen-bond donors (Lipinski definition) is 1. The van der Waals surface area contributed by atoms with Crippen LogP contribution in [0.25, 0.3) is 0 Å². The van der Waals surface area contributed by atoms with Crippen LogP contribution in [0.5, 0.6) is 0 Å². The summed E-state index contributed by atoms with van der Waals surface area (Å²) in [6.45, 7) is 2.54. The molecule has 88 valence electrons. The molecule has 0 saturated heterocycles. The molecule has 0 heterocycles. The highest BCUT2D eigenvalue weighted by Gasteiger charge is 2.32. The third-order valence-corrected chi connectivity index (χ3v) is 4.39. The fraction of sp³-hybridized carbons (Fsp3) is 0.750. The van der Waals surface area contributed by atoms with E-state index in [1.54, 1.807) is 0 Å². The van der Waals surface area contributed by atoms with E-state index < -0.39 is 38.7 Å². The summed E-state index contributed by atoms with van der Waals surface area (Å²) in [5.41, 5.74) is 0. The SMILES string of the molecule is COC(=O)CS(=O)(=O)C(C)C(C)C(=O)O. The van der Waals surface area contributed by atoms with Gasteiger partial charge in [-0.15, -0.1) is 0 Å². The van der Waals surface area contributed by atoms with Crippen LogP contribution in [0, 0.1) is 5.92 Å². The van der Waals surface area contributed by atoms with Crippen LogP contribution >= 0.6 is 0 Å². The maximum Gasteiger partial charge on any atom is 0.320 e. The Morgan fingerprint density at radius 2 is 1.80 bits per heavy atom. The van der Waals surface area contributed by atoms with Gasteiger partial charge < -0.3 is 9.84 Å². The molecular weight excluding hydrogens is 224 g/mol. The van der Waals surface area contributed by atoms with E-state index in [4.69, 9.17) is 5.11 Å². The number of esters is 1. The van der Waals surface area contributed by atoms with Crippen molar-refractivity contribution in [2.45, 2.75) is 19.1 Å². The molecule has 0 aromatic heterocycles. The Kier molecular flexibility index (Phi) is 4.73. The molecule has 0 aliphatic heterocycles. The van der Waals surface area contributed by atoms with Gasteiger partial charge in [-0.25, -0.2) is 8.42 Å². The van der Waals surface area contributed by atoms with Gasteiger partial charge >= 0.3 is 11.9 Å². The zero-order valence-corrected chi connectivity index (χ0v) is 9.58. The minimum absolute atomic E-state index is 0.789. The van der Waals surface area contributed by atoms with Crippen molar-refractivity contribution in [3.05, 3.63) is 0 Å². The molecule has 0 aromatic rings. The van der Waals surface area contributed by atoms with Gasteiger partial charge in [0, 0.05) is 0 Å². The highest BCUT2D eigenvalue weighted by Crippen LogP contribution is 2.13. The normalized spacial score (nSPS) is 15.4. The van der Waals surface area contributed by atoms with Crippen molar-refractivity contribution in [1.29, 1.82) is 0 Å². The van der Waals surface area contributed by atoms with Gasteiger partial charge in [-0.1, -0.05) is 6.92 Å². The fourth-order valence-electron chi connectivity index (χ4n) is 0.866. The quantitative estimate of drug-likeness (QED) is 0.659. The zero-order chi connectivity index (χ0) is 12.2. The first-order valence-electron chi connectivity index (χ1n) is 4.23. The maximum atomic E-state index is 11.5. The number of carbonyl (C=O) groups excluding carboxylic acids is 1. The summed E-state index contributed by atoms with van der Waals surface area (Å²) in [5.74, 6) is -3.95. The summed E-state index contributed by atoms with van der Waals surface area (Å²) in [6.07, 6.45) is 0. The van der Waals surface area contributed by atoms with Crippen LogP contribution in [0.3, 0.4) is 0 Å². The van der Waals surface area contributed by atoms with Crippen molar-refractivity contribution in [3.8, 4) is 0 Å². The standard InChI is InChI=1S/C8H14O6S/c1-5(8(10)11)6(2)15(12,13)4-7(9)14-3/h5-6H,4H2,1-3H3,(H,10,11). The number of carboxylic acids is 1. The first-order chi connectivity index (χ1) is 6.72. The second-order valence-corrected chi connectivity index (χ2v) is 5.57. The second kappa shape index (κ2) is 5.11. The van der Waals surface area contributed by atoms with E-state index >= 15 is 0 Å². The van der Waals surface area contributed by atoms with Crippen LogP contribution in [0.4, 0.5) is 0 Å². The van der Waals surface area contributed by atoms with Gasteiger partial charge in [-0.3, -0.25) is 9.59 Å². The first-order valence-corrected chi connectivity index (χ1v) is 5.95. The Hall–Kier alpha value is -1.11. The summed E-state index contributed by atoms with van der Waals surface area (Å²) >= 11 is 0. The highest BCUT2D eigenvalue weighted by molar-refractivity contribution is 7.92. The van der Waals surface area contributed by atoms with Gasteiger partial charge in [0.15, 0.2) is 9.84 Å². The first kappa shape index (κ1) is 13.9. The van der Waals surface area contributed by atoms with Gasteiger partial charge in [0.1, 0.15) is 5.75 Å². The molecule has 2 unspecified atom stereocenters. The number of carboxylic acid groups (broad SMARTS) is 1. The Morgan fingerprint density at radius 3 is 2.13 bits per heavy atom. The molecule has 15 heavy (non-hydrogen) atoms. The Balaban J connectivity index is 4.74. The molecule has 0 aromatic carbocycles. The summed E-state index contributed by atoms with van der Waals surface area (Å²) in [5, 5.41) is 7.51. The molecule has 0 saturated carbocycles. The van der Waals surface area contributed by atoms with Crippen LogP contribution in [0.15, 0.2) is 0 Å². The van der Waals surface area contributed by atoms with Crippen molar-refractivity contribution in [2.75, 3.05) is 12.9 Å². The third kappa shape index (κ3) is 3.86. The molecule has 1 N–H and O–H groups in total. The predicted octanol–water partition coefficient (Wildman–Crippen LogP) is -0.317. The van der Waals surface area contributed by atoms with Crippen LogP contribution < -0.4 is 0 Å². The summed E-state index contributed by atoms with van der Waals surface area (Å²) < 4.78 is 27.2. The summed E-state index contributed by atoms with van der Waals surface area (Å²) in [6, 6.07) is 0. The smallest absolute Gasteiger partial charge is 0.320 e. The number of rotatable bonds is 5. The molecule has 7 heteroatoms. The summed E-state index contributed by atoms with van der Waals surface area (Å²) in [4.78, 5) is 21.3. The molecule has 0 aliphatic rings. The van der Waals surface area contributed by atoms with Crippen molar-refractivity contribution < 1.29 is 27.9 Å². The Bertz CT molecular complexity index is 344. The van der Waals surface area contributed by atoms with Crippen LogP contribution in [-0.4, -0.2) is 43.6 Å². The van der Waals surface area contributed by atoms with Crippen molar-refractivity contribution >= 4 is 21.8 Å². The molecule has 0 aliphatic carbocycles. The second-order valence-electron chi connectivity index (χ2n) is 3.22. The number of ether oxygens (including phenoxy) is 1. The predicted molar refractivity (Wildman–Crippen MR) is 52.1 cm³/mol. The van der Waals surface area contributed by atoms with Gasteiger partial charge in [-0.05, 0) is 6.92 Å². The van der Waals surface area contributed by atoms with Gasteiger partial charge in [-0.2, -0.15) is 0 Å². The van der Waals surface area contributed by atoms with Gasteiger partial charge in [0.05, 0.1) is 18.3 Å². The lowest BCUT2D eigenvalue weighted by atomic mass is 10.1. The molecule has 0 bridgehead atoms. The monoisotopic (exact) mass is 238 g/mol. The zero-order valence-electron chi connectivity index (χ0n) is 8.76. The Labute approximate surface area is 88.2 Å². The number of sulfone groups is 1. The van der Waals surface area contributed by atoms with Crippen molar-refractivity contribution in [2.24, 2.45) is 5.92 Å². The molecule has 6 nitrogen and oxygen atoms in total. The average molecular weight is 238 g/mol. The third-order valence-electron chi connectivity index (χ3n) is 2.21. The molecule has 2 atom stereocenters. The van der Waals surface area contributed by atoms with Crippen molar-refractivity contribution in [3.63, 3.8) is 0 Å². The van der Waals surface area contributed by atoms with Crippen LogP contribution in [-0.2, 0) is 24.2 Å². The van der Waals surface area contributed by atoms with E-state index in [1.165, 1.54) is 13.8 Å². The van der Waals surface area contributed by atoms with E-state index in [-0.39, 0.29) is 0 Å². The molecule has 0 amide bonds. The van der Waals surface area contributed by atoms with E-state index in [2.05, 4.69) is 4.74 Å². The van der Waals surface area contributed by atoms with E-state index in [0.29, 0.717) is 0 Å². The Morgan fingerprint density at radius 1 is 1.33 bits per heavy atom. The number of methoxy groups -OCH3 is 1. The lowest BCUT2D eigenvalue weighted by Gasteiger charge is -2.15. The van der Waals surface area contributed by atoms with Crippen LogP contribution in [0.1, 0.15) is 13.8 Å². The molecule has 0 fully saturated rings. The van der Waals surface area contributed by atoms with Crippen molar-refractivity contribution in [1.82, 2.24) is 0 Å². The van der Waals surface area contributed by atoms with E-state index in [9.17, 15) is 18.0 Å². The lowest BCUT2D eigenvalue weighted by molar-refractivity contribution is -0.141. The molecule has 0 radical (unpaired) electrons. The van der Waals surface area contributed by atoms with Gasteiger partial charge in [0.25, 0.3) is 0 Å². The highest BCUT2D eigenvalue weighted by atomic mass is 32.2. The molecule has 0 spiro atoms. The average Bonchev–Trinajstić information content (AvgIpc) is 2.14. The lowest BCUT2D eigenvalue weighted by Crippen LogP contribution is -2.34. The number of hydrogen-bond acceptors (Lipinski definition) is 5. The number of carbonyl (C=O) groups is 2. The summed E-state index contributed by atoms with van der Waals surface area (Å²) in [7, 11) is -2.70. The van der Waals surface area contributed by atoms with E-state index in [0.717, 1.165) is 7.11 Å².